The highest BCUT2D eigenvalue weighted by Crippen LogP contribution is 2.55. The normalized spacial score (nSPS) is 25.6. The van der Waals surface area contributed by atoms with Gasteiger partial charge in [0.05, 0.1) is 18.1 Å². The lowest BCUT2D eigenvalue weighted by Gasteiger charge is -2.58. The summed E-state index contributed by atoms with van der Waals surface area (Å²) in [5, 5.41) is 14.3. The minimum atomic E-state index is -0.750. The first-order valence-electron chi connectivity index (χ1n) is 14.7. The molecule has 1 amide bonds. The van der Waals surface area contributed by atoms with Gasteiger partial charge in [0, 0.05) is 35.5 Å². The van der Waals surface area contributed by atoms with Crippen LogP contribution in [0, 0.1) is 23.6 Å². The van der Waals surface area contributed by atoms with Gasteiger partial charge in [-0.15, -0.1) is 0 Å². The monoisotopic (exact) mass is 581 g/mol. The molecule has 2 aromatic carbocycles. The fraction of sp³-hybridized carbons (Fsp3) is 0.353. The first kappa shape index (κ1) is 27.5. The van der Waals surface area contributed by atoms with Gasteiger partial charge in [-0.25, -0.2) is 14.2 Å². The predicted molar refractivity (Wildman–Crippen MR) is 158 cm³/mol. The zero-order valence-electron chi connectivity index (χ0n) is 23.8. The highest BCUT2D eigenvalue weighted by molar-refractivity contribution is 5.95. The van der Waals surface area contributed by atoms with Crippen molar-refractivity contribution in [3.05, 3.63) is 105 Å². The number of halogens is 1. The Morgan fingerprint density at radius 1 is 1.07 bits per heavy atom. The Morgan fingerprint density at radius 3 is 2.49 bits per heavy atom. The van der Waals surface area contributed by atoms with Crippen molar-refractivity contribution in [3.8, 4) is 5.69 Å². The van der Waals surface area contributed by atoms with E-state index in [0.29, 0.717) is 24.4 Å². The Balaban J connectivity index is 1.23. The molecule has 2 N–H and O–H groups in total. The minimum Gasteiger partial charge on any atom is -0.464 e. The molecule has 4 saturated carbocycles. The van der Waals surface area contributed by atoms with E-state index < -0.39 is 22.8 Å². The van der Waals surface area contributed by atoms with E-state index in [9.17, 15) is 19.5 Å². The predicted octanol–water partition coefficient (Wildman–Crippen LogP) is 4.57. The minimum absolute atomic E-state index is 0.0302. The summed E-state index contributed by atoms with van der Waals surface area (Å²) in [7, 11) is 1.23. The SMILES string of the molecule is COC(=O)c1c(Cc2ccc(C(=O)N[C@@H]3[C@@H]4C[C@@H]5C[C@H]3C[C@@](O)(C5)C4)cc2F)c(=O)c2cccnc2n1-c1ccccc1. The van der Waals surface area contributed by atoms with Gasteiger partial charge in [0.1, 0.15) is 17.2 Å². The molecule has 0 spiro atoms. The van der Waals surface area contributed by atoms with E-state index in [1.165, 1.54) is 25.4 Å². The summed E-state index contributed by atoms with van der Waals surface area (Å²) in [4.78, 5) is 44.6. The standard InChI is InChI=1S/C34H32FN3O5/c1-43-33(41)29-26(30(39)25-8-5-11-36-31(25)38(29)24-6-3-2-4-7-24)14-20-9-10-21(15-27(20)35)32(40)37-28-22-12-19-13-23(28)18-34(42,16-19)17-22/h2-11,15,19,22-23,28,42H,12-14,16-18H2,1H3,(H,37,40)/t19-,22-,23+,28-,34-. The quantitative estimate of drug-likeness (QED) is 0.323. The zero-order chi connectivity index (χ0) is 29.9. The third-order valence-electron chi connectivity index (χ3n) is 9.64. The zero-order valence-corrected chi connectivity index (χ0v) is 23.8. The second kappa shape index (κ2) is 10.4. The van der Waals surface area contributed by atoms with Gasteiger partial charge in [-0.3, -0.25) is 14.2 Å². The Labute approximate surface area is 247 Å². The third-order valence-corrected chi connectivity index (χ3v) is 9.64. The van der Waals surface area contributed by atoms with Gasteiger partial charge < -0.3 is 15.2 Å². The van der Waals surface area contributed by atoms with E-state index >= 15 is 4.39 Å². The number of ether oxygens (including phenoxy) is 1. The summed E-state index contributed by atoms with van der Waals surface area (Å²) in [6, 6.07) is 16.5. The lowest BCUT2D eigenvalue weighted by atomic mass is 9.52. The summed E-state index contributed by atoms with van der Waals surface area (Å²) in [5.41, 5.74) is 0.218. The molecule has 0 unspecified atom stereocenters. The molecule has 9 heteroatoms. The number of hydrogen-bond acceptors (Lipinski definition) is 6. The molecule has 0 aliphatic heterocycles. The summed E-state index contributed by atoms with van der Waals surface area (Å²) < 4.78 is 22.3. The van der Waals surface area contributed by atoms with E-state index in [1.807, 2.05) is 6.07 Å². The van der Waals surface area contributed by atoms with Gasteiger partial charge in [-0.05, 0) is 91.8 Å². The van der Waals surface area contributed by atoms with Crippen molar-refractivity contribution < 1.29 is 23.8 Å². The number of aromatic nitrogens is 2. The van der Waals surface area contributed by atoms with Crippen molar-refractivity contribution in [2.45, 2.75) is 50.2 Å². The molecule has 43 heavy (non-hydrogen) atoms. The number of carbonyl (C=O) groups is 2. The maximum Gasteiger partial charge on any atom is 0.355 e. The Kier molecular flexibility index (Phi) is 6.65. The molecule has 4 aliphatic rings. The number of rotatable bonds is 6. The largest absolute Gasteiger partial charge is 0.464 e. The highest BCUT2D eigenvalue weighted by atomic mass is 19.1. The molecule has 4 aliphatic carbocycles. The number of methoxy groups -OCH3 is 1. The number of amides is 1. The summed E-state index contributed by atoms with van der Waals surface area (Å²) in [6.07, 6.45) is 5.60. The van der Waals surface area contributed by atoms with Crippen LogP contribution in [0.5, 0.6) is 0 Å². The molecule has 5 atom stereocenters. The van der Waals surface area contributed by atoms with E-state index in [2.05, 4.69) is 10.3 Å². The molecule has 4 fully saturated rings. The fourth-order valence-corrected chi connectivity index (χ4v) is 8.04. The molecule has 8 rings (SSSR count). The van der Waals surface area contributed by atoms with Crippen LogP contribution in [0.2, 0.25) is 0 Å². The van der Waals surface area contributed by atoms with Crippen molar-refractivity contribution in [2.24, 2.45) is 17.8 Å². The van der Waals surface area contributed by atoms with Crippen molar-refractivity contribution in [1.29, 1.82) is 0 Å². The summed E-state index contributed by atoms with van der Waals surface area (Å²) >= 11 is 0. The van der Waals surface area contributed by atoms with E-state index in [-0.39, 0.29) is 63.6 Å². The number of carbonyl (C=O) groups excluding carboxylic acids is 2. The molecule has 2 heterocycles. The summed E-state index contributed by atoms with van der Waals surface area (Å²) in [6.45, 7) is 0. The number of benzene rings is 2. The maximum atomic E-state index is 15.6. The van der Waals surface area contributed by atoms with Gasteiger partial charge >= 0.3 is 5.97 Å². The highest BCUT2D eigenvalue weighted by Gasteiger charge is 2.55. The molecule has 0 saturated heterocycles. The van der Waals surface area contributed by atoms with Crippen molar-refractivity contribution in [1.82, 2.24) is 14.9 Å². The molecular formula is C34H32FN3O5. The van der Waals surface area contributed by atoms with Crippen LogP contribution in [0.25, 0.3) is 16.7 Å². The number of nitrogens with one attached hydrogen (secondary N) is 1. The number of fused-ring (bicyclic) bond motifs is 1. The topological polar surface area (TPSA) is 111 Å². The molecule has 4 aromatic rings. The van der Waals surface area contributed by atoms with E-state index in [4.69, 9.17) is 4.74 Å². The summed E-state index contributed by atoms with van der Waals surface area (Å²) in [5.74, 6) is -0.779. The smallest absolute Gasteiger partial charge is 0.355 e. The van der Waals surface area contributed by atoms with E-state index in [0.717, 1.165) is 19.3 Å². The molecule has 220 valence electrons. The molecule has 0 radical (unpaired) electrons. The average Bonchev–Trinajstić information content (AvgIpc) is 3.00. The van der Waals surface area contributed by atoms with Crippen LogP contribution in [-0.2, 0) is 11.2 Å². The van der Waals surface area contributed by atoms with Gasteiger partial charge in [0.15, 0.2) is 5.43 Å². The first-order chi connectivity index (χ1) is 20.7. The van der Waals surface area contributed by atoms with Crippen molar-refractivity contribution in [2.75, 3.05) is 7.11 Å². The maximum absolute atomic E-state index is 15.6. The van der Waals surface area contributed by atoms with Crippen LogP contribution in [0.1, 0.15) is 64.1 Å². The third kappa shape index (κ3) is 4.72. The van der Waals surface area contributed by atoms with Gasteiger partial charge in [0.25, 0.3) is 5.91 Å². The first-order valence-corrected chi connectivity index (χ1v) is 14.7. The second-order valence-corrected chi connectivity index (χ2v) is 12.4. The van der Waals surface area contributed by atoms with Gasteiger partial charge in [-0.1, -0.05) is 24.3 Å². The van der Waals surface area contributed by atoms with Crippen LogP contribution in [0.4, 0.5) is 4.39 Å². The molecular weight excluding hydrogens is 549 g/mol. The number of aliphatic hydroxyl groups is 1. The number of hydrogen-bond donors (Lipinski definition) is 2. The van der Waals surface area contributed by atoms with Crippen LogP contribution < -0.4 is 10.7 Å². The molecule has 4 bridgehead atoms. The molecule has 8 nitrogen and oxygen atoms in total. The van der Waals surface area contributed by atoms with Crippen molar-refractivity contribution in [3.63, 3.8) is 0 Å². The number of nitrogens with zero attached hydrogens (tertiary/aromatic N) is 2. The van der Waals surface area contributed by atoms with Gasteiger partial charge in [0.2, 0.25) is 0 Å². The van der Waals surface area contributed by atoms with Crippen LogP contribution in [-0.4, -0.2) is 45.3 Å². The Hall–Kier alpha value is -4.37. The fourth-order valence-electron chi connectivity index (χ4n) is 8.04. The van der Waals surface area contributed by atoms with Gasteiger partial charge in [-0.2, -0.15) is 0 Å². The average molecular weight is 582 g/mol. The van der Waals surface area contributed by atoms with Crippen LogP contribution >= 0.6 is 0 Å². The Bertz CT molecular complexity index is 1800. The lowest BCUT2D eigenvalue weighted by Crippen LogP contribution is -2.61. The number of pyridine rings is 2. The Morgan fingerprint density at radius 2 is 1.81 bits per heavy atom. The van der Waals surface area contributed by atoms with Crippen LogP contribution in [0.15, 0.2) is 71.7 Å². The second-order valence-electron chi connectivity index (χ2n) is 12.4. The molecule has 2 aromatic heterocycles. The van der Waals surface area contributed by atoms with Crippen LogP contribution in [0.3, 0.4) is 0 Å². The number of esters is 1. The number of para-hydroxylation sites is 1. The lowest BCUT2D eigenvalue weighted by molar-refractivity contribution is -0.136. The van der Waals surface area contributed by atoms with E-state index in [1.54, 1.807) is 47.0 Å². The van der Waals surface area contributed by atoms with Crippen molar-refractivity contribution >= 4 is 22.9 Å².